The summed E-state index contributed by atoms with van der Waals surface area (Å²) in [4.78, 5) is 4.80. The largest absolute Gasteiger partial charge is 0.493 e. The molecule has 28 heavy (non-hydrogen) atoms. The zero-order valence-electron chi connectivity index (χ0n) is 16.0. The van der Waals surface area contributed by atoms with Crippen molar-refractivity contribution < 1.29 is 19.3 Å². The zero-order chi connectivity index (χ0) is 18.9. The lowest BCUT2D eigenvalue weighted by Gasteiger charge is -2.35. The summed E-state index contributed by atoms with van der Waals surface area (Å²) in [7, 11) is 0. The van der Waals surface area contributed by atoms with E-state index in [2.05, 4.69) is 28.0 Å². The first-order chi connectivity index (χ1) is 13.7. The van der Waals surface area contributed by atoms with Gasteiger partial charge in [-0.1, -0.05) is 12.1 Å². The van der Waals surface area contributed by atoms with Gasteiger partial charge in [-0.25, -0.2) is 0 Å². The average Bonchev–Trinajstić information content (AvgIpc) is 3.37. The van der Waals surface area contributed by atoms with Crippen LogP contribution in [0.1, 0.15) is 22.8 Å². The van der Waals surface area contributed by atoms with Gasteiger partial charge in [0.05, 0.1) is 12.7 Å². The van der Waals surface area contributed by atoms with E-state index >= 15 is 0 Å². The van der Waals surface area contributed by atoms with Gasteiger partial charge in [0.15, 0.2) is 11.5 Å². The van der Waals surface area contributed by atoms with Crippen LogP contribution in [0.3, 0.4) is 0 Å². The second-order valence-electron chi connectivity index (χ2n) is 7.75. The molecule has 3 heterocycles. The van der Waals surface area contributed by atoms with Gasteiger partial charge in [-0.2, -0.15) is 0 Å². The van der Waals surface area contributed by atoms with Crippen molar-refractivity contribution in [1.29, 1.82) is 0 Å². The molecule has 0 bridgehead atoms. The van der Waals surface area contributed by atoms with Crippen molar-refractivity contribution in [3.63, 3.8) is 0 Å². The van der Waals surface area contributed by atoms with E-state index in [1.165, 1.54) is 11.1 Å². The molecule has 3 aliphatic heterocycles. The fourth-order valence-electron chi connectivity index (χ4n) is 4.19. The summed E-state index contributed by atoms with van der Waals surface area (Å²) in [5.41, 5.74) is 3.45. The Hall–Kier alpha value is -2.28. The monoisotopic (exact) mass is 382 g/mol. The van der Waals surface area contributed by atoms with Gasteiger partial charge in [0.2, 0.25) is 6.79 Å². The molecule has 0 aliphatic carbocycles. The Kier molecular flexibility index (Phi) is 4.84. The predicted molar refractivity (Wildman–Crippen MR) is 105 cm³/mol. The maximum Gasteiger partial charge on any atom is 0.231 e. The van der Waals surface area contributed by atoms with Gasteiger partial charge in [0.25, 0.3) is 0 Å². The summed E-state index contributed by atoms with van der Waals surface area (Å²) in [6, 6.07) is 12.3. The third kappa shape index (κ3) is 3.68. The van der Waals surface area contributed by atoms with Crippen LogP contribution in [0.2, 0.25) is 0 Å². The van der Waals surface area contributed by atoms with Crippen LogP contribution < -0.4 is 14.2 Å². The maximum atomic E-state index is 10.7. The van der Waals surface area contributed by atoms with Crippen molar-refractivity contribution in [3.8, 4) is 17.2 Å². The van der Waals surface area contributed by atoms with Crippen LogP contribution >= 0.6 is 0 Å². The second kappa shape index (κ2) is 7.62. The molecule has 0 spiro atoms. The summed E-state index contributed by atoms with van der Waals surface area (Å²) in [6.45, 7) is 6.59. The van der Waals surface area contributed by atoms with Crippen LogP contribution in [0.4, 0.5) is 0 Å². The number of aliphatic hydroxyl groups is 1. The Labute approximate surface area is 165 Å². The number of piperazine rings is 1. The van der Waals surface area contributed by atoms with Crippen molar-refractivity contribution in [1.82, 2.24) is 9.80 Å². The summed E-state index contributed by atoms with van der Waals surface area (Å²) in [6.07, 6.45) is 0.486. The van der Waals surface area contributed by atoms with Gasteiger partial charge >= 0.3 is 0 Å². The molecule has 0 amide bonds. The Morgan fingerprint density at radius 2 is 1.64 bits per heavy atom. The molecule has 6 nitrogen and oxygen atoms in total. The molecule has 0 saturated carbocycles. The van der Waals surface area contributed by atoms with E-state index in [1.807, 2.05) is 18.2 Å². The maximum absolute atomic E-state index is 10.7. The van der Waals surface area contributed by atoms with Gasteiger partial charge < -0.3 is 19.3 Å². The number of ether oxygens (including phenoxy) is 3. The molecule has 1 saturated heterocycles. The normalized spacial score (nSPS) is 20.0. The molecule has 6 heteroatoms. The number of aliphatic hydroxyl groups excluding tert-OH is 1. The quantitative estimate of drug-likeness (QED) is 0.856. The summed E-state index contributed by atoms with van der Waals surface area (Å²) >= 11 is 0. The van der Waals surface area contributed by atoms with Gasteiger partial charge in [0, 0.05) is 45.7 Å². The third-order valence-corrected chi connectivity index (χ3v) is 5.84. The molecule has 0 aromatic heterocycles. The van der Waals surface area contributed by atoms with Crippen molar-refractivity contribution in [2.24, 2.45) is 0 Å². The van der Waals surface area contributed by atoms with E-state index in [0.717, 1.165) is 68.6 Å². The molecule has 0 radical (unpaired) electrons. The Morgan fingerprint density at radius 3 is 2.54 bits per heavy atom. The van der Waals surface area contributed by atoms with Crippen molar-refractivity contribution in [3.05, 3.63) is 53.1 Å². The number of nitrogens with zero attached hydrogens (tertiary/aromatic N) is 2. The van der Waals surface area contributed by atoms with Gasteiger partial charge in [0.1, 0.15) is 5.75 Å². The van der Waals surface area contributed by atoms with Crippen LogP contribution in [-0.4, -0.2) is 61.0 Å². The van der Waals surface area contributed by atoms with E-state index in [9.17, 15) is 5.11 Å². The lowest BCUT2D eigenvalue weighted by molar-refractivity contribution is 0.0700. The highest BCUT2D eigenvalue weighted by Crippen LogP contribution is 2.33. The lowest BCUT2D eigenvalue weighted by atomic mass is 10.0. The minimum absolute atomic E-state index is 0.316. The van der Waals surface area contributed by atoms with Gasteiger partial charge in [-0.15, -0.1) is 0 Å². The molecule has 148 valence electrons. The van der Waals surface area contributed by atoms with Crippen LogP contribution in [0, 0.1) is 0 Å². The molecule has 2 aromatic rings. The van der Waals surface area contributed by atoms with Crippen molar-refractivity contribution in [2.45, 2.75) is 19.1 Å². The van der Waals surface area contributed by atoms with Gasteiger partial charge in [-0.3, -0.25) is 9.80 Å². The highest BCUT2D eigenvalue weighted by atomic mass is 16.7. The van der Waals surface area contributed by atoms with E-state index in [1.54, 1.807) is 0 Å². The Bertz CT molecular complexity index is 848. The minimum atomic E-state index is -0.452. The number of rotatable bonds is 5. The SMILES string of the molecule is OC(CN1CCN(Cc2ccc3c(c2)OCO3)CC1)c1ccc2c(c1)CCO2. The molecule has 3 aliphatic rings. The van der Waals surface area contributed by atoms with Crippen LogP contribution in [0.25, 0.3) is 0 Å². The summed E-state index contributed by atoms with van der Waals surface area (Å²) < 4.78 is 16.4. The number of β-amino-alcohol motifs (C(OH)–C–C–N with tert-alkyl or cyclic N) is 1. The van der Waals surface area contributed by atoms with E-state index in [0.29, 0.717) is 13.3 Å². The van der Waals surface area contributed by atoms with Crippen LogP contribution in [0.15, 0.2) is 36.4 Å². The number of hydrogen-bond donors (Lipinski definition) is 1. The highest BCUT2D eigenvalue weighted by Gasteiger charge is 2.22. The second-order valence-corrected chi connectivity index (χ2v) is 7.75. The Morgan fingerprint density at radius 1 is 0.857 bits per heavy atom. The molecule has 2 aromatic carbocycles. The summed E-state index contributed by atoms with van der Waals surface area (Å²) in [5.74, 6) is 2.65. The number of benzene rings is 2. The minimum Gasteiger partial charge on any atom is -0.493 e. The fourth-order valence-corrected chi connectivity index (χ4v) is 4.19. The number of fused-ring (bicyclic) bond motifs is 2. The van der Waals surface area contributed by atoms with Crippen LogP contribution in [0.5, 0.6) is 17.2 Å². The lowest BCUT2D eigenvalue weighted by Crippen LogP contribution is -2.47. The number of hydrogen-bond acceptors (Lipinski definition) is 6. The molecular formula is C22H26N2O4. The van der Waals surface area contributed by atoms with Gasteiger partial charge in [-0.05, 0) is 41.0 Å². The molecule has 1 unspecified atom stereocenters. The topological polar surface area (TPSA) is 54.4 Å². The smallest absolute Gasteiger partial charge is 0.231 e. The molecule has 5 rings (SSSR count). The van der Waals surface area contributed by atoms with E-state index in [-0.39, 0.29) is 0 Å². The average molecular weight is 382 g/mol. The first-order valence-corrected chi connectivity index (χ1v) is 10.0. The molecule has 1 N–H and O–H groups in total. The molecule has 1 fully saturated rings. The summed E-state index contributed by atoms with van der Waals surface area (Å²) in [5, 5.41) is 10.7. The Balaban J connectivity index is 1.13. The third-order valence-electron chi connectivity index (χ3n) is 5.84. The van der Waals surface area contributed by atoms with E-state index in [4.69, 9.17) is 14.2 Å². The predicted octanol–water partition coefficient (Wildman–Crippen LogP) is 2.20. The van der Waals surface area contributed by atoms with Crippen molar-refractivity contribution >= 4 is 0 Å². The molecular weight excluding hydrogens is 356 g/mol. The highest BCUT2D eigenvalue weighted by molar-refractivity contribution is 5.44. The van der Waals surface area contributed by atoms with Crippen molar-refractivity contribution in [2.75, 3.05) is 46.1 Å². The standard InChI is InChI=1S/C22H26N2O4/c25-19(17-2-4-20-18(12-17)5-10-26-20)14-24-8-6-23(7-9-24)13-16-1-3-21-22(11-16)28-15-27-21/h1-4,11-12,19,25H,5-10,13-15H2. The first kappa shape index (κ1) is 17.8. The fraction of sp³-hybridized carbons (Fsp3) is 0.455. The molecule has 1 atom stereocenters. The zero-order valence-corrected chi connectivity index (χ0v) is 16.0. The first-order valence-electron chi connectivity index (χ1n) is 10.0. The van der Waals surface area contributed by atoms with Crippen LogP contribution in [-0.2, 0) is 13.0 Å². The van der Waals surface area contributed by atoms with E-state index < -0.39 is 6.10 Å².